The van der Waals surface area contributed by atoms with Crippen LogP contribution in [-0.4, -0.2) is 36.4 Å². The van der Waals surface area contributed by atoms with Crippen LogP contribution in [0.4, 0.5) is 4.79 Å². The Hall–Kier alpha value is -3.22. The third-order valence-corrected chi connectivity index (χ3v) is 5.57. The fourth-order valence-electron chi connectivity index (χ4n) is 3.94. The van der Waals surface area contributed by atoms with Gasteiger partial charge in [0.25, 0.3) is 0 Å². The number of hydrogen-bond donors (Lipinski definition) is 0. The maximum Gasteiger partial charge on any atom is 0.513 e. The molecule has 2 aliphatic carbocycles. The van der Waals surface area contributed by atoms with Gasteiger partial charge in [0.2, 0.25) is 11.4 Å². The van der Waals surface area contributed by atoms with Crippen LogP contribution in [-0.2, 0) is 19.1 Å². The van der Waals surface area contributed by atoms with Gasteiger partial charge in [0, 0.05) is 0 Å². The first kappa shape index (κ1) is 22.5. The Bertz CT molecular complexity index is 895. The lowest BCUT2D eigenvalue weighted by Crippen LogP contribution is -2.50. The fraction of sp³-hybridized carbons (Fsp3) is 0.417. The van der Waals surface area contributed by atoms with E-state index in [0.717, 1.165) is 19.3 Å². The highest BCUT2D eigenvalue weighted by Gasteiger charge is 2.49. The molecular formula is C24H26O7. The smallest absolute Gasteiger partial charge is 0.445 e. The van der Waals surface area contributed by atoms with Crippen molar-refractivity contribution in [2.75, 3.05) is 6.61 Å². The van der Waals surface area contributed by atoms with Crippen molar-refractivity contribution in [1.29, 1.82) is 0 Å². The molecule has 0 heterocycles. The highest BCUT2D eigenvalue weighted by Crippen LogP contribution is 2.36. The summed E-state index contributed by atoms with van der Waals surface area (Å²) in [6.07, 6.45) is 10.1. The number of hydrogen-bond acceptors (Lipinski definition) is 7. The van der Waals surface area contributed by atoms with E-state index < -0.39 is 29.4 Å². The summed E-state index contributed by atoms with van der Waals surface area (Å²) in [6, 6.07) is 6.10. The quantitative estimate of drug-likeness (QED) is 0.279. The molecule has 1 aromatic carbocycles. The molecule has 0 N–H and O–H groups in total. The van der Waals surface area contributed by atoms with Crippen LogP contribution in [0.3, 0.4) is 0 Å². The van der Waals surface area contributed by atoms with Gasteiger partial charge in [-0.2, -0.15) is 0 Å². The van der Waals surface area contributed by atoms with E-state index in [9.17, 15) is 19.2 Å². The zero-order chi connectivity index (χ0) is 22.3. The average Bonchev–Trinajstić information content (AvgIpc) is 2.80. The Morgan fingerprint density at radius 3 is 2.55 bits per heavy atom. The molecule has 0 aromatic heterocycles. The molecular weight excluding hydrogens is 400 g/mol. The van der Waals surface area contributed by atoms with E-state index in [-0.39, 0.29) is 23.8 Å². The van der Waals surface area contributed by atoms with Crippen molar-refractivity contribution in [1.82, 2.24) is 0 Å². The molecule has 2 atom stereocenters. The normalized spacial score (nSPS) is 23.1. The Balaban J connectivity index is 1.97. The number of esters is 1. The Morgan fingerprint density at radius 1 is 1.10 bits per heavy atom. The third kappa shape index (κ3) is 4.93. The molecule has 0 aliphatic heterocycles. The van der Waals surface area contributed by atoms with E-state index in [4.69, 9.17) is 14.2 Å². The predicted molar refractivity (Wildman–Crippen MR) is 112 cm³/mol. The van der Waals surface area contributed by atoms with Gasteiger partial charge in [0.15, 0.2) is 0 Å². The van der Waals surface area contributed by atoms with E-state index in [1.54, 1.807) is 31.2 Å². The molecule has 31 heavy (non-hydrogen) atoms. The highest BCUT2D eigenvalue weighted by atomic mass is 16.7. The molecule has 0 bridgehead atoms. The van der Waals surface area contributed by atoms with Crippen LogP contribution >= 0.6 is 0 Å². The second-order valence-electron chi connectivity index (χ2n) is 7.57. The van der Waals surface area contributed by atoms with Gasteiger partial charge >= 0.3 is 12.1 Å². The summed E-state index contributed by atoms with van der Waals surface area (Å²) >= 11 is 0. The number of benzene rings is 1. The van der Waals surface area contributed by atoms with Gasteiger partial charge in [-0.3, -0.25) is 9.59 Å². The van der Waals surface area contributed by atoms with Crippen molar-refractivity contribution < 1.29 is 33.4 Å². The summed E-state index contributed by atoms with van der Waals surface area (Å²) < 4.78 is 15.8. The van der Waals surface area contributed by atoms with Crippen LogP contribution in [0, 0.1) is 11.8 Å². The molecule has 3 rings (SSSR count). The first-order chi connectivity index (χ1) is 15.0. The molecule has 164 valence electrons. The van der Waals surface area contributed by atoms with E-state index in [1.807, 2.05) is 0 Å². The maximum atomic E-state index is 13.7. The topological polar surface area (TPSA) is 96.0 Å². The minimum absolute atomic E-state index is 0.0128. The maximum absolute atomic E-state index is 13.7. The average molecular weight is 426 g/mol. The lowest BCUT2D eigenvalue weighted by atomic mass is 9.78. The minimum atomic E-state index is -1.85. The van der Waals surface area contributed by atoms with Crippen molar-refractivity contribution in [3.8, 4) is 5.75 Å². The number of carbonyl (C=O) groups excluding carboxylic acids is 4. The summed E-state index contributed by atoms with van der Waals surface area (Å²) in [4.78, 5) is 50.4. The van der Waals surface area contributed by atoms with Crippen LogP contribution in [0.25, 0.3) is 0 Å². The number of allylic oxidation sites excluding steroid dienone is 2. The van der Waals surface area contributed by atoms with Gasteiger partial charge in [0.05, 0.1) is 24.0 Å². The van der Waals surface area contributed by atoms with Crippen molar-refractivity contribution in [2.24, 2.45) is 11.8 Å². The fourth-order valence-corrected chi connectivity index (χ4v) is 3.94. The molecule has 1 fully saturated rings. The van der Waals surface area contributed by atoms with E-state index >= 15 is 0 Å². The van der Waals surface area contributed by atoms with Gasteiger partial charge in [-0.15, -0.1) is 0 Å². The molecule has 1 saturated carbocycles. The van der Waals surface area contributed by atoms with Crippen LogP contribution in [0.5, 0.6) is 5.75 Å². The van der Waals surface area contributed by atoms with Gasteiger partial charge < -0.3 is 19.0 Å². The summed E-state index contributed by atoms with van der Waals surface area (Å²) in [5.74, 6) is -2.49. The Kier molecular flexibility index (Phi) is 7.39. The lowest BCUT2D eigenvalue weighted by Gasteiger charge is -2.35. The van der Waals surface area contributed by atoms with Crippen LogP contribution < -0.4 is 4.74 Å². The molecule has 0 amide bonds. The summed E-state index contributed by atoms with van der Waals surface area (Å²) in [7, 11) is 0. The number of aldehydes is 1. The highest BCUT2D eigenvalue weighted by molar-refractivity contribution is 6.09. The zero-order valence-electron chi connectivity index (χ0n) is 17.5. The molecule has 2 aliphatic rings. The number of carbonyl (C=O) groups is 4. The second kappa shape index (κ2) is 10.2. The van der Waals surface area contributed by atoms with Crippen molar-refractivity contribution in [3.05, 3.63) is 54.1 Å². The van der Waals surface area contributed by atoms with E-state index in [2.05, 4.69) is 0 Å². The van der Waals surface area contributed by atoms with Gasteiger partial charge in [0.1, 0.15) is 12.0 Å². The number of rotatable bonds is 7. The second-order valence-corrected chi connectivity index (χ2v) is 7.57. The molecule has 7 nitrogen and oxygen atoms in total. The van der Waals surface area contributed by atoms with Crippen molar-refractivity contribution >= 4 is 24.2 Å². The number of Topliss-reactive ketones (excluding diaryl/α,β-unsaturated/α-hetero) is 1. The van der Waals surface area contributed by atoms with Crippen LogP contribution in [0.15, 0.2) is 48.6 Å². The Morgan fingerprint density at radius 2 is 1.84 bits per heavy atom. The summed E-state index contributed by atoms with van der Waals surface area (Å²) in [6.45, 7) is 1.74. The van der Waals surface area contributed by atoms with Crippen molar-refractivity contribution in [3.63, 3.8) is 0 Å². The standard InChI is InChI=1S/C24H26O7/c1-2-29-23(28)30-20-14-7-6-13-19(20)21(26)24(15-9-8-12-18(24)16-25)31-22(27)17-10-4-3-5-11-17/h6-9,12-18H,2-5,10-11H2,1H3. The first-order valence-corrected chi connectivity index (χ1v) is 10.5. The predicted octanol–water partition coefficient (Wildman–Crippen LogP) is 4.21. The Labute approximate surface area is 181 Å². The van der Waals surface area contributed by atoms with Crippen LogP contribution in [0.2, 0.25) is 0 Å². The van der Waals surface area contributed by atoms with Gasteiger partial charge in [-0.25, -0.2) is 4.79 Å². The van der Waals surface area contributed by atoms with Crippen LogP contribution in [0.1, 0.15) is 49.4 Å². The SMILES string of the molecule is CCOC(=O)Oc1ccccc1C(=O)C1(OC(=O)C2CCCCC2)C=CC=CC1C=O. The lowest BCUT2D eigenvalue weighted by molar-refractivity contribution is -0.160. The van der Waals surface area contributed by atoms with E-state index in [1.165, 1.54) is 24.3 Å². The molecule has 0 saturated heterocycles. The number of ketones is 1. The summed E-state index contributed by atoms with van der Waals surface area (Å²) in [5.41, 5.74) is -1.84. The monoisotopic (exact) mass is 426 g/mol. The van der Waals surface area contributed by atoms with Gasteiger partial charge in [-0.05, 0) is 38.0 Å². The molecule has 2 unspecified atom stereocenters. The van der Waals surface area contributed by atoms with Crippen molar-refractivity contribution in [2.45, 2.75) is 44.6 Å². The molecule has 0 spiro atoms. The largest absolute Gasteiger partial charge is 0.513 e. The minimum Gasteiger partial charge on any atom is -0.445 e. The summed E-state index contributed by atoms with van der Waals surface area (Å²) in [5, 5.41) is 0. The molecule has 7 heteroatoms. The zero-order valence-corrected chi connectivity index (χ0v) is 17.5. The van der Waals surface area contributed by atoms with E-state index in [0.29, 0.717) is 19.1 Å². The van der Waals surface area contributed by atoms with Gasteiger partial charge in [-0.1, -0.05) is 49.6 Å². The first-order valence-electron chi connectivity index (χ1n) is 10.5. The molecule has 1 aromatic rings. The number of para-hydroxylation sites is 1. The molecule has 0 radical (unpaired) electrons. The third-order valence-electron chi connectivity index (χ3n) is 5.57. The number of ether oxygens (including phenoxy) is 3.